The Morgan fingerprint density at radius 2 is 2.18 bits per heavy atom. The van der Waals surface area contributed by atoms with Gasteiger partial charge >= 0.3 is 0 Å². The number of non-ortho nitro benzene ring substituents is 1. The molecule has 1 aromatic carbocycles. The predicted octanol–water partition coefficient (Wildman–Crippen LogP) is 2.18. The topological polar surface area (TPSA) is 116 Å². The summed E-state index contributed by atoms with van der Waals surface area (Å²) in [4.78, 5) is 40.4. The van der Waals surface area contributed by atoms with E-state index in [2.05, 4.69) is 10.3 Å². The minimum atomic E-state index is -0.501. The maximum Gasteiger partial charge on any atom is 0.269 e. The molecule has 28 heavy (non-hydrogen) atoms. The zero-order chi connectivity index (χ0) is 20.1. The minimum absolute atomic E-state index is 0.0465. The van der Waals surface area contributed by atoms with Gasteiger partial charge in [0.1, 0.15) is 0 Å². The maximum atomic E-state index is 12.7. The highest BCUT2D eigenvalue weighted by Gasteiger charge is 2.22. The van der Waals surface area contributed by atoms with Crippen LogP contribution in [-0.4, -0.2) is 45.6 Å². The number of methoxy groups -OCH3 is 1. The number of ether oxygens (including phenoxy) is 1. The number of thioether (sulfide) groups is 2. The van der Waals surface area contributed by atoms with Crippen molar-refractivity contribution in [3.05, 3.63) is 50.4 Å². The second-order valence-corrected chi connectivity index (χ2v) is 7.91. The van der Waals surface area contributed by atoms with E-state index in [1.165, 1.54) is 47.8 Å². The number of nitrogens with one attached hydrogen (secondary N) is 1. The number of fused-ring (bicyclic) bond motifs is 1. The molecule has 3 rings (SSSR count). The lowest BCUT2D eigenvalue weighted by atomic mass is 10.3. The number of nitrogens with zero attached hydrogens (tertiary/aromatic N) is 3. The van der Waals surface area contributed by atoms with Gasteiger partial charge < -0.3 is 10.1 Å². The highest BCUT2D eigenvalue weighted by atomic mass is 32.2. The van der Waals surface area contributed by atoms with Crippen molar-refractivity contribution in [3.8, 4) is 0 Å². The smallest absolute Gasteiger partial charge is 0.269 e. The fourth-order valence-corrected chi connectivity index (χ4v) is 4.49. The van der Waals surface area contributed by atoms with Gasteiger partial charge in [-0.2, -0.15) is 0 Å². The zero-order valence-corrected chi connectivity index (χ0v) is 16.7. The molecule has 0 spiro atoms. The lowest BCUT2D eigenvalue weighted by Gasteiger charge is -2.13. The first-order chi connectivity index (χ1) is 13.5. The number of hydrogen-bond donors (Lipinski definition) is 1. The van der Waals surface area contributed by atoms with Crippen molar-refractivity contribution < 1.29 is 14.5 Å². The quantitative estimate of drug-likeness (QED) is 0.298. The Morgan fingerprint density at radius 1 is 1.43 bits per heavy atom. The number of carbonyl (C=O) groups excluding carboxylic acids is 1. The van der Waals surface area contributed by atoms with Gasteiger partial charge in [-0.3, -0.25) is 24.3 Å². The van der Waals surface area contributed by atoms with Crippen LogP contribution in [-0.2, 0) is 22.5 Å². The molecule has 2 heterocycles. The van der Waals surface area contributed by atoms with Crippen molar-refractivity contribution >= 4 is 40.8 Å². The van der Waals surface area contributed by atoms with Crippen LogP contribution >= 0.6 is 23.5 Å². The standard InChI is InChI=1S/C17H18N4O5S2/c1-26-8-7-20-16(23)15-13(6-9-27-15)19-17(20)28-10-14(22)18-11-2-4-12(5-3-11)21(24)25/h2-5H,6-10H2,1H3,(H,18,22). The molecule has 11 heteroatoms. The fourth-order valence-electron chi connectivity index (χ4n) is 2.61. The molecular formula is C17H18N4O5S2. The number of anilines is 1. The van der Waals surface area contributed by atoms with Gasteiger partial charge in [-0.05, 0) is 12.1 Å². The number of amides is 1. The van der Waals surface area contributed by atoms with E-state index in [4.69, 9.17) is 4.74 Å². The summed E-state index contributed by atoms with van der Waals surface area (Å²) in [5.74, 6) is 0.597. The number of nitro benzene ring substituents is 1. The van der Waals surface area contributed by atoms with Crippen LogP contribution in [0.4, 0.5) is 11.4 Å². The molecule has 9 nitrogen and oxygen atoms in total. The van der Waals surface area contributed by atoms with Crippen LogP contribution in [0.15, 0.2) is 39.1 Å². The van der Waals surface area contributed by atoms with Gasteiger partial charge in [0.05, 0.1) is 34.4 Å². The van der Waals surface area contributed by atoms with Gasteiger partial charge in [0, 0.05) is 37.1 Å². The number of aromatic nitrogens is 2. The highest BCUT2D eigenvalue weighted by molar-refractivity contribution is 8.00. The average molecular weight is 422 g/mol. The minimum Gasteiger partial charge on any atom is -0.383 e. The molecule has 1 aliphatic rings. The van der Waals surface area contributed by atoms with Crippen molar-refractivity contribution in [2.45, 2.75) is 23.0 Å². The van der Waals surface area contributed by atoms with Crippen molar-refractivity contribution in [1.29, 1.82) is 0 Å². The number of benzene rings is 1. The van der Waals surface area contributed by atoms with Crippen LogP contribution in [0, 0.1) is 10.1 Å². The number of aryl methyl sites for hydroxylation is 1. The average Bonchev–Trinajstić information content (AvgIpc) is 3.15. The Hall–Kier alpha value is -2.37. The summed E-state index contributed by atoms with van der Waals surface area (Å²) in [6, 6.07) is 5.59. The van der Waals surface area contributed by atoms with E-state index in [0.717, 1.165) is 17.9 Å². The fraction of sp³-hybridized carbons (Fsp3) is 0.353. The molecule has 0 unspecified atom stereocenters. The first-order valence-corrected chi connectivity index (χ1v) is 10.4. The van der Waals surface area contributed by atoms with Crippen LogP contribution < -0.4 is 10.9 Å². The Balaban J connectivity index is 1.69. The number of rotatable bonds is 8. The molecule has 0 aliphatic carbocycles. The molecule has 1 aromatic heterocycles. The van der Waals surface area contributed by atoms with Crippen LogP contribution in [0.25, 0.3) is 0 Å². The third-order valence-electron chi connectivity index (χ3n) is 3.96. The molecule has 2 aromatic rings. The SMILES string of the molecule is COCCn1c(SCC(=O)Nc2ccc([N+](=O)[O-])cc2)nc2c(c1=O)SCC2. The predicted molar refractivity (Wildman–Crippen MR) is 107 cm³/mol. The second-order valence-electron chi connectivity index (χ2n) is 5.86. The third kappa shape index (κ3) is 4.72. The molecule has 0 bridgehead atoms. The summed E-state index contributed by atoms with van der Waals surface area (Å²) in [6.07, 6.45) is 0.739. The molecule has 0 saturated heterocycles. The first kappa shape index (κ1) is 20.4. The summed E-state index contributed by atoms with van der Waals surface area (Å²) in [7, 11) is 1.56. The second kappa shape index (κ2) is 9.22. The Bertz CT molecular complexity index is 946. The van der Waals surface area contributed by atoms with Crippen molar-refractivity contribution in [3.63, 3.8) is 0 Å². The summed E-state index contributed by atoms with van der Waals surface area (Å²) in [5.41, 5.74) is 1.10. The first-order valence-electron chi connectivity index (χ1n) is 8.42. The van der Waals surface area contributed by atoms with Crippen molar-refractivity contribution in [1.82, 2.24) is 9.55 Å². The monoisotopic (exact) mass is 422 g/mol. The molecule has 148 valence electrons. The van der Waals surface area contributed by atoms with Gasteiger partial charge in [-0.25, -0.2) is 4.98 Å². The third-order valence-corrected chi connectivity index (χ3v) is 6.05. The van der Waals surface area contributed by atoms with Gasteiger partial charge in [-0.1, -0.05) is 11.8 Å². The summed E-state index contributed by atoms with van der Waals surface area (Å²) < 4.78 is 6.62. The van der Waals surface area contributed by atoms with Crippen LogP contribution in [0.3, 0.4) is 0 Å². The molecule has 0 radical (unpaired) electrons. The molecule has 1 aliphatic heterocycles. The molecular weight excluding hydrogens is 404 g/mol. The lowest BCUT2D eigenvalue weighted by molar-refractivity contribution is -0.384. The number of carbonyl (C=O) groups is 1. The normalized spacial score (nSPS) is 12.6. The molecule has 0 saturated carbocycles. The van der Waals surface area contributed by atoms with E-state index >= 15 is 0 Å². The molecule has 1 amide bonds. The number of hydrogen-bond acceptors (Lipinski definition) is 8. The Kier molecular flexibility index (Phi) is 6.70. The van der Waals surface area contributed by atoms with E-state index in [1.54, 1.807) is 11.7 Å². The zero-order valence-electron chi connectivity index (χ0n) is 15.0. The highest BCUT2D eigenvalue weighted by Crippen LogP contribution is 2.28. The summed E-state index contributed by atoms with van der Waals surface area (Å²) in [5, 5.41) is 13.8. The van der Waals surface area contributed by atoms with Crippen LogP contribution in [0.2, 0.25) is 0 Å². The van der Waals surface area contributed by atoms with Gasteiger partial charge in [0.15, 0.2) is 5.16 Å². The van der Waals surface area contributed by atoms with Gasteiger partial charge in [-0.15, -0.1) is 11.8 Å². The van der Waals surface area contributed by atoms with E-state index in [9.17, 15) is 19.7 Å². The largest absolute Gasteiger partial charge is 0.383 e. The van der Waals surface area contributed by atoms with E-state index in [1.807, 2.05) is 0 Å². The maximum absolute atomic E-state index is 12.7. The lowest BCUT2D eigenvalue weighted by Crippen LogP contribution is -2.27. The van der Waals surface area contributed by atoms with Gasteiger partial charge in [0.25, 0.3) is 11.2 Å². The van der Waals surface area contributed by atoms with E-state index in [-0.39, 0.29) is 22.9 Å². The molecule has 1 N–H and O–H groups in total. The Labute approximate surface area is 169 Å². The molecule has 0 atom stereocenters. The van der Waals surface area contributed by atoms with Crippen LogP contribution in [0.5, 0.6) is 0 Å². The Morgan fingerprint density at radius 3 is 2.86 bits per heavy atom. The van der Waals surface area contributed by atoms with Crippen molar-refractivity contribution in [2.24, 2.45) is 0 Å². The van der Waals surface area contributed by atoms with Gasteiger partial charge in [0.2, 0.25) is 5.91 Å². The summed E-state index contributed by atoms with van der Waals surface area (Å²) in [6.45, 7) is 0.732. The summed E-state index contributed by atoms with van der Waals surface area (Å²) >= 11 is 2.69. The van der Waals surface area contributed by atoms with E-state index < -0.39 is 4.92 Å². The molecule has 0 fully saturated rings. The number of nitro groups is 1. The van der Waals surface area contributed by atoms with Crippen LogP contribution in [0.1, 0.15) is 5.69 Å². The van der Waals surface area contributed by atoms with Crippen molar-refractivity contribution in [2.75, 3.05) is 30.5 Å². The van der Waals surface area contributed by atoms with E-state index in [0.29, 0.717) is 28.9 Å².